The van der Waals surface area contributed by atoms with Crippen molar-refractivity contribution in [1.82, 2.24) is 0 Å². The molecule has 0 aliphatic heterocycles. The molecule has 3 fully saturated rings. The summed E-state index contributed by atoms with van der Waals surface area (Å²) in [4.78, 5) is 12.4. The van der Waals surface area contributed by atoms with Gasteiger partial charge in [0.2, 0.25) is 0 Å². The van der Waals surface area contributed by atoms with Gasteiger partial charge in [-0.05, 0) is 55.8 Å². The van der Waals surface area contributed by atoms with Crippen molar-refractivity contribution in [3.05, 3.63) is 12.2 Å². The average Bonchev–Trinajstić information content (AvgIpc) is 3.10. The average molecular weight is 274 g/mol. The lowest BCUT2D eigenvalue weighted by atomic mass is 9.70. The van der Waals surface area contributed by atoms with Crippen LogP contribution in [0.25, 0.3) is 0 Å². The first kappa shape index (κ1) is 12.9. The van der Waals surface area contributed by atoms with Crippen LogP contribution in [0.2, 0.25) is 0 Å². The summed E-state index contributed by atoms with van der Waals surface area (Å²) >= 11 is 0. The highest BCUT2D eigenvalue weighted by Crippen LogP contribution is 2.45. The Hall–Kier alpha value is -0.790. The Kier molecular flexibility index (Phi) is 3.36. The lowest BCUT2D eigenvalue weighted by Crippen LogP contribution is -2.35. The zero-order chi connectivity index (χ0) is 13.5. The van der Waals surface area contributed by atoms with E-state index in [0.717, 1.165) is 31.1 Å². The van der Waals surface area contributed by atoms with Crippen LogP contribution in [0, 0.1) is 29.6 Å². The first-order chi connectivity index (χ1) is 9.79. The predicted octanol–water partition coefficient (Wildman–Crippen LogP) is 4.10. The highest BCUT2D eigenvalue weighted by Gasteiger charge is 2.42. The molecule has 6 atom stereocenters. The summed E-state index contributed by atoms with van der Waals surface area (Å²) in [7, 11) is 0. The molecule has 4 aliphatic carbocycles. The van der Waals surface area contributed by atoms with Gasteiger partial charge in [0.25, 0.3) is 0 Å². The number of carbonyl (C=O) groups excluding carboxylic acids is 1. The summed E-state index contributed by atoms with van der Waals surface area (Å²) in [5, 5.41) is 0. The van der Waals surface area contributed by atoms with Gasteiger partial charge in [-0.3, -0.25) is 4.79 Å². The Morgan fingerprint density at radius 1 is 0.900 bits per heavy atom. The quantitative estimate of drug-likeness (QED) is 0.560. The van der Waals surface area contributed by atoms with Crippen LogP contribution in [0.1, 0.15) is 57.8 Å². The van der Waals surface area contributed by atoms with Gasteiger partial charge in [0, 0.05) is 0 Å². The van der Waals surface area contributed by atoms with Crippen LogP contribution in [0.4, 0.5) is 0 Å². The Bertz CT molecular complexity index is 414. The molecule has 2 nitrogen and oxygen atoms in total. The van der Waals surface area contributed by atoms with E-state index in [1.165, 1.54) is 38.5 Å². The van der Waals surface area contributed by atoms with Gasteiger partial charge in [-0.15, -0.1) is 0 Å². The Balaban J connectivity index is 1.33. The van der Waals surface area contributed by atoms with Crippen molar-refractivity contribution in [2.75, 3.05) is 0 Å². The second-order valence-corrected chi connectivity index (χ2v) is 7.56. The van der Waals surface area contributed by atoms with Crippen molar-refractivity contribution in [3.63, 3.8) is 0 Å². The number of allylic oxidation sites excluding steroid dienone is 2. The summed E-state index contributed by atoms with van der Waals surface area (Å²) in [5.41, 5.74) is 0. The van der Waals surface area contributed by atoms with Crippen molar-refractivity contribution in [3.8, 4) is 0 Å². The van der Waals surface area contributed by atoms with Gasteiger partial charge in [-0.2, -0.15) is 0 Å². The summed E-state index contributed by atoms with van der Waals surface area (Å²) in [6.45, 7) is 0. The fourth-order valence-electron chi connectivity index (χ4n) is 5.24. The van der Waals surface area contributed by atoms with E-state index in [9.17, 15) is 4.79 Å². The second kappa shape index (κ2) is 5.20. The molecular weight excluding hydrogens is 248 g/mol. The van der Waals surface area contributed by atoms with E-state index in [0.29, 0.717) is 11.8 Å². The molecule has 0 radical (unpaired) electrons. The summed E-state index contributed by atoms with van der Waals surface area (Å²) in [6.07, 6.45) is 16.1. The number of carbonyl (C=O) groups is 1. The van der Waals surface area contributed by atoms with Gasteiger partial charge >= 0.3 is 5.97 Å². The number of ether oxygens (including phenoxy) is 1. The molecule has 0 N–H and O–H groups in total. The lowest BCUT2D eigenvalue weighted by Gasteiger charge is -2.39. The Morgan fingerprint density at radius 3 is 2.50 bits per heavy atom. The molecule has 3 saturated carbocycles. The maximum absolute atomic E-state index is 12.4. The molecule has 4 rings (SSSR count). The third kappa shape index (κ3) is 2.31. The molecule has 110 valence electrons. The van der Waals surface area contributed by atoms with E-state index in [-0.39, 0.29) is 18.0 Å². The van der Waals surface area contributed by atoms with Gasteiger partial charge in [0.05, 0.1) is 5.92 Å². The third-order valence-corrected chi connectivity index (χ3v) is 6.36. The van der Waals surface area contributed by atoms with Gasteiger partial charge < -0.3 is 4.74 Å². The van der Waals surface area contributed by atoms with E-state index in [4.69, 9.17) is 4.74 Å². The van der Waals surface area contributed by atoms with E-state index in [1.54, 1.807) is 0 Å². The van der Waals surface area contributed by atoms with E-state index < -0.39 is 0 Å². The number of hydrogen-bond acceptors (Lipinski definition) is 2. The predicted molar refractivity (Wildman–Crippen MR) is 78.0 cm³/mol. The SMILES string of the molecule is O=C(OC1CCC2CCCCC2C1)C1CC2C=CC1C2. The Morgan fingerprint density at radius 2 is 1.75 bits per heavy atom. The summed E-state index contributed by atoms with van der Waals surface area (Å²) in [6, 6.07) is 0. The molecule has 20 heavy (non-hydrogen) atoms. The minimum Gasteiger partial charge on any atom is -0.462 e. The third-order valence-electron chi connectivity index (χ3n) is 6.36. The zero-order valence-corrected chi connectivity index (χ0v) is 12.3. The first-order valence-corrected chi connectivity index (χ1v) is 8.68. The van der Waals surface area contributed by atoms with Gasteiger partial charge in [0.15, 0.2) is 0 Å². The van der Waals surface area contributed by atoms with Crippen LogP contribution < -0.4 is 0 Å². The van der Waals surface area contributed by atoms with Crippen LogP contribution in [0.3, 0.4) is 0 Å². The van der Waals surface area contributed by atoms with Crippen molar-refractivity contribution in [2.24, 2.45) is 29.6 Å². The van der Waals surface area contributed by atoms with E-state index in [2.05, 4.69) is 12.2 Å². The van der Waals surface area contributed by atoms with Gasteiger partial charge in [0.1, 0.15) is 6.10 Å². The molecule has 0 aromatic heterocycles. The second-order valence-electron chi connectivity index (χ2n) is 7.56. The molecular formula is C18H26O2. The minimum absolute atomic E-state index is 0.112. The molecule has 6 unspecified atom stereocenters. The standard InChI is InChI=1S/C18H26O2/c19-18(17-10-12-5-6-15(17)9-12)20-16-8-7-13-3-1-2-4-14(13)11-16/h5-6,12-17H,1-4,7-11H2. The minimum atomic E-state index is 0.112. The monoisotopic (exact) mass is 274 g/mol. The van der Waals surface area contributed by atoms with Crippen molar-refractivity contribution in [2.45, 2.75) is 63.9 Å². The number of rotatable bonds is 2. The maximum Gasteiger partial charge on any atom is 0.309 e. The summed E-state index contributed by atoms with van der Waals surface area (Å²) in [5.74, 6) is 3.21. The molecule has 0 aromatic rings. The fraction of sp³-hybridized carbons (Fsp3) is 0.833. The highest BCUT2D eigenvalue weighted by molar-refractivity contribution is 5.74. The van der Waals surface area contributed by atoms with E-state index >= 15 is 0 Å². The molecule has 4 aliphatic rings. The molecule has 0 aromatic carbocycles. The van der Waals surface area contributed by atoms with Crippen LogP contribution in [0.5, 0.6) is 0 Å². The molecule has 2 heteroatoms. The van der Waals surface area contributed by atoms with Crippen molar-refractivity contribution in [1.29, 1.82) is 0 Å². The number of esters is 1. The molecule has 0 amide bonds. The van der Waals surface area contributed by atoms with Crippen molar-refractivity contribution >= 4 is 5.97 Å². The fourth-order valence-corrected chi connectivity index (χ4v) is 5.24. The number of fused-ring (bicyclic) bond motifs is 3. The maximum atomic E-state index is 12.4. The smallest absolute Gasteiger partial charge is 0.309 e. The van der Waals surface area contributed by atoms with Crippen LogP contribution in [-0.2, 0) is 9.53 Å². The highest BCUT2D eigenvalue weighted by atomic mass is 16.5. The van der Waals surface area contributed by atoms with Crippen LogP contribution >= 0.6 is 0 Å². The molecule has 0 heterocycles. The van der Waals surface area contributed by atoms with Gasteiger partial charge in [-0.25, -0.2) is 0 Å². The molecule has 0 saturated heterocycles. The number of hydrogen-bond donors (Lipinski definition) is 0. The summed E-state index contributed by atoms with van der Waals surface area (Å²) < 4.78 is 5.90. The normalized spacial score (nSPS) is 46.2. The topological polar surface area (TPSA) is 26.3 Å². The molecule has 2 bridgehead atoms. The largest absolute Gasteiger partial charge is 0.462 e. The van der Waals surface area contributed by atoms with Crippen LogP contribution in [0.15, 0.2) is 12.2 Å². The van der Waals surface area contributed by atoms with Gasteiger partial charge in [-0.1, -0.05) is 37.8 Å². The van der Waals surface area contributed by atoms with E-state index in [1.807, 2.05) is 0 Å². The Labute approximate surface area is 122 Å². The van der Waals surface area contributed by atoms with Crippen LogP contribution in [-0.4, -0.2) is 12.1 Å². The van der Waals surface area contributed by atoms with Crippen molar-refractivity contribution < 1.29 is 9.53 Å². The first-order valence-electron chi connectivity index (χ1n) is 8.68. The zero-order valence-electron chi connectivity index (χ0n) is 12.3. The lowest BCUT2D eigenvalue weighted by molar-refractivity contribution is -0.158. The molecule has 0 spiro atoms.